The highest BCUT2D eigenvalue weighted by molar-refractivity contribution is 5.96. The number of carbonyl (C=O) groups excluding carboxylic acids is 2. The number of benzene rings is 1. The third-order valence-corrected chi connectivity index (χ3v) is 4.25. The Balaban J connectivity index is 1.98. The molecule has 6 heteroatoms. The number of nitrogens with one attached hydrogen (secondary N) is 1. The highest BCUT2D eigenvalue weighted by Gasteiger charge is 2.35. The summed E-state index contributed by atoms with van der Waals surface area (Å²) in [4.78, 5) is 35.4. The lowest BCUT2D eigenvalue weighted by Gasteiger charge is -2.27. The molecule has 6 nitrogen and oxygen atoms in total. The van der Waals surface area contributed by atoms with Gasteiger partial charge in [0.1, 0.15) is 0 Å². The molecule has 0 bridgehead atoms. The first-order valence-corrected chi connectivity index (χ1v) is 8.33. The second-order valence-corrected chi connectivity index (χ2v) is 6.04. The fourth-order valence-electron chi connectivity index (χ4n) is 2.94. The number of hydrogen-bond acceptors (Lipinski definition) is 4. The van der Waals surface area contributed by atoms with Gasteiger partial charge in [-0.1, -0.05) is 19.8 Å². The molecule has 0 spiro atoms. The Labute approximate surface area is 141 Å². The number of rotatable bonds is 6. The van der Waals surface area contributed by atoms with Crippen LogP contribution in [0.5, 0.6) is 0 Å². The first kappa shape index (κ1) is 18.0. The molecule has 0 aromatic heterocycles. The van der Waals surface area contributed by atoms with Crippen LogP contribution in [0.1, 0.15) is 49.4 Å². The molecule has 1 aromatic carbocycles. The van der Waals surface area contributed by atoms with E-state index in [4.69, 9.17) is 4.74 Å². The maximum Gasteiger partial charge on any atom is 0.338 e. The molecular formula is C18H23NO5. The zero-order valence-corrected chi connectivity index (χ0v) is 13.8. The summed E-state index contributed by atoms with van der Waals surface area (Å²) in [6.45, 7) is 2.29. The van der Waals surface area contributed by atoms with E-state index in [0.29, 0.717) is 30.7 Å². The maximum absolute atomic E-state index is 12.4. The third-order valence-electron chi connectivity index (χ3n) is 4.25. The van der Waals surface area contributed by atoms with Crippen molar-refractivity contribution in [3.05, 3.63) is 29.8 Å². The Morgan fingerprint density at radius 2 is 1.75 bits per heavy atom. The van der Waals surface area contributed by atoms with Gasteiger partial charge in [0, 0.05) is 5.69 Å². The molecule has 2 atom stereocenters. The Morgan fingerprint density at radius 3 is 2.33 bits per heavy atom. The van der Waals surface area contributed by atoms with Crippen LogP contribution in [0.2, 0.25) is 0 Å². The monoisotopic (exact) mass is 333 g/mol. The topological polar surface area (TPSA) is 92.7 Å². The first-order chi connectivity index (χ1) is 11.5. The van der Waals surface area contributed by atoms with Gasteiger partial charge in [0.2, 0.25) is 5.91 Å². The Morgan fingerprint density at radius 1 is 1.12 bits per heavy atom. The van der Waals surface area contributed by atoms with Crippen molar-refractivity contribution in [1.29, 1.82) is 0 Å². The van der Waals surface area contributed by atoms with E-state index < -0.39 is 23.8 Å². The van der Waals surface area contributed by atoms with E-state index in [0.717, 1.165) is 19.3 Å². The van der Waals surface area contributed by atoms with Crippen LogP contribution in [0.4, 0.5) is 5.69 Å². The van der Waals surface area contributed by atoms with Gasteiger partial charge in [-0.2, -0.15) is 0 Å². The molecule has 24 heavy (non-hydrogen) atoms. The van der Waals surface area contributed by atoms with Gasteiger partial charge >= 0.3 is 11.9 Å². The number of amides is 1. The molecule has 1 saturated carbocycles. The molecule has 2 N–H and O–H groups in total. The van der Waals surface area contributed by atoms with Crippen LogP contribution in [-0.4, -0.2) is 29.6 Å². The Kier molecular flexibility index (Phi) is 6.35. The minimum atomic E-state index is -0.913. The lowest BCUT2D eigenvalue weighted by molar-refractivity contribution is -0.147. The van der Waals surface area contributed by atoms with E-state index in [1.54, 1.807) is 24.3 Å². The summed E-state index contributed by atoms with van der Waals surface area (Å²) in [6.07, 6.45) is 3.59. The lowest BCUT2D eigenvalue weighted by atomic mass is 9.78. The summed E-state index contributed by atoms with van der Waals surface area (Å²) >= 11 is 0. The van der Waals surface area contributed by atoms with E-state index in [-0.39, 0.29) is 5.91 Å². The fourth-order valence-corrected chi connectivity index (χ4v) is 2.94. The number of carboxylic acid groups (broad SMARTS) is 1. The molecule has 1 aliphatic rings. The molecule has 1 aromatic rings. The summed E-state index contributed by atoms with van der Waals surface area (Å²) in [6, 6.07) is 6.42. The number of aliphatic carboxylic acids is 1. The number of anilines is 1. The predicted molar refractivity (Wildman–Crippen MR) is 88.7 cm³/mol. The Hall–Kier alpha value is -2.37. The van der Waals surface area contributed by atoms with Crippen LogP contribution in [0.15, 0.2) is 24.3 Å². The van der Waals surface area contributed by atoms with Gasteiger partial charge in [-0.15, -0.1) is 0 Å². The van der Waals surface area contributed by atoms with Crippen molar-refractivity contribution in [2.24, 2.45) is 11.8 Å². The normalized spacial score (nSPS) is 20.2. The van der Waals surface area contributed by atoms with Crippen molar-refractivity contribution in [1.82, 2.24) is 0 Å². The van der Waals surface area contributed by atoms with Crippen molar-refractivity contribution in [3.63, 3.8) is 0 Å². The smallest absolute Gasteiger partial charge is 0.338 e. The predicted octanol–water partition coefficient (Wildman–Crippen LogP) is 3.08. The number of carbonyl (C=O) groups is 3. The molecule has 1 amide bonds. The maximum atomic E-state index is 12.4. The van der Waals surface area contributed by atoms with Gasteiger partial charge in [-0.3, -0.25) is 9.59 Å². The highest BCUT2D eigenvalue weighted by atomic mass is 16.5. The van der Waals surface area contributed by atoms with Gasteiger partial charge in [-0.25, -0.2) is 4.79 Å². The van der Waals surface area contributed by atoms with Gasteiger partial charge in [0.05, 0.1) is 24.0 Å². The van der Waals surface area contributed by atoms with E-state index in [1.807, 2.05) is 6.92 Å². The van der Waals surface area contributed by atoms with Crippen molar-refractivity contribution in [2.45, 2.75) is 39.0 Å². The van der Waals surface area contributed by atoms with Gasteiger partial charge in [0.15, 0.2) is 0 Å². The Bertz CT molecular complexity index is 596. The van der Waals surface area contributed by atoms with Crippen molar-refractivity contribution < 1.29 is 24.2 Å². The minimum Gasteiger partial charge on any atom is -0.481 e. The quantitative estimate of drug-likeness (QED) is 0.780. The van der Waals surface area contributed by atoms with E-state index in [2.05, 4.69) is 5.32 Å². The minimum absolute atomic E-state index is 0.275. The zero-order valence-electron chi connectivity index (χ0n) is 13.8. The van der Waals surface area contributed by atoms with Crippen LogP contribution in [0.25, 0.3) is 0 Å². The molecule has 0 radical (unpaired) electrons. The first-order valence-electron chi connectivity index (χ1n) is 8.33. The van der Waals surface area contributed by atoms with Crippen molar-refractivity contribution in [2.75, 3.05) is 11.9 Å². The zero-order chi connectivity index (χ0) is 17.5. The molecule has 0 unspecified atom stereocenters. The summed E-state index contributed by atoms with van der Waals surface area (Å²) in [5, 5.41) is 12.0. The van der Waals surface area contributed by atoms with E-state index >= 15 is 0 Å². The molecule has 2 rings (SSSR count). The van der Waals surface area contributed by atoms with E-state index in [9.17, 15) is 19.5 Å². The van der Waals surface area contributed by atoms with Gasteiger partial charge in [0.25, 0.3) is 0 Å². The van der Waals surface area contributed by atoms with Crippen LogP contribution < -0.4 is 5.32 Å². The van der Waals surface area contributed by atoms with Crippen molar-refractivity contribution >= 4 is 23.5 Å². The molecule has 130 valence electrons. The number of esters is 1. The lowest BCUT2D eigenvalue weighted by Crippen LogP contribution is -2.36. The summed E-state index contributed by atoms with van der Waals surface area (Å²) in [7, 11) is 0. The molecule has 0 heterocycles. The second-order valence-electron chi connectivity index (χ2n) is 6.04. The summed E-state index contributed by atoms with van der Waals surface area (Å²) < 4.78 is 5.04. The second kappa shape index (κ2) is 8.47. The SMILES string of the molecule is CCCOC(=O)c1ccc(NC(=O)[C@@H]2CCCC[C@@H]2C(=O)O)cc1. The average Bonchev–Trinajstić information content (AvgIpc) is 2.60. The van der Waals surface area contributed by atoms with Gasteiger partial charge in [-0.05, 0) is 43.5 Å². The van der Waals surface area contributed by atoms with Gasteiger partial charge < -0.3 is 15.2 Å². The van der Waals surface area contributed by atoms with Crippen LogP contribution in [0, 0.1) is 11.8 Å². The van der Waals surface area contributed by atoms with E-state index in [1.165, 1.54) is 0 Å². The van der Waals surface area contributed by atoms with Crippen molar-refractivity contribution in [3.8, 4) is 0 Å². The highest BCUT2D eigenvalue weighted by Crippen LogP contribution is 2.31. The summed E-state index contributed by atoms with van der Waals surface area (Å²) in [5.41, 5.74) is 0.962. The molecule has 1 aliphatic carbocycles. The molecular weight excluding hydrogens is 310 g/mol. The number of hydrogen-bond donors (Lipinski definition) is 2. The van der Waals surface area contributed by atoms with Crippen LogP contribution in [0.3, 0.4) is 0 Å². The fraction of sp³-hybridized carbons (Fsp3) is 0.500. The molecule has 0 aliphatic heterocycles. The standard InChI is InChI=1S/C18H23NO5/c1-2-11-24-18(23)12-7-9-13(10-8-12)19-16(20)14-5-3-4-6-15(14)17(21)22/h7-10,14-15H,2-6,11H2,1H3,(H,19,20)(H,21,22)/t14-,15+/m1/s1. The summed E-state index contributed by atoms with van der Waals surface area (Å²) in [5.74, 6) is -2.72. The molecule has 1 fully saturated rings. The van der Waals surface area contributed by atoms with Crippen LogP contribution in [-0.2, 0) is 14.3 Å². The van der Waals surface area contributed by atoms with Crippen LogP contribution >= 0.6 is 0 Å². The number of carboxylic acids is 1. The third kappa shape index (κ3) is 4.57. The molecule has 0 saturated heterocycles. The average molecular weight is 333 g/mol. The largest absolute Gasteiger partial charge is 0.481 e. The number of ether oxygens (including phenoxy) is 1.